The molecule has 92 valence electrons. The Morgan fingerprint density at radius 2 is 1.37 bits per heavy atom. The lowest BCUT2D eigenvalue weighted by Gasteiger charge is -2.11. The summed E-state index contributed by atoms with van der Waals surface area (Å²) in [5, 5.41) is 0. The molecule has 0 bridgehead atoms. The Morgan fingerprint density at radius 1 is 0.684 bits per heavy atom. The van der Waals surface area contributed by atoms with Gasteiger partial charge in [0.05, 0.1) is 0 Å². The highest BCUT2D eigenvalue weighted by Gasteiger charge is 2.08. The van der Waals surface area contributed by atoms with E-state index in [4.69, 9.17) is 0 Å². The molecule has 0 radical (unpaired) electrons. The van der Waals surface area contributed by atoms with Gasteiger partial charge in [0.1, 0.15) is 0 Å². The molecule has 0 atom stereocenters. The average Bonchev–Trinajstić information content (AvgIpc) is 2.49. The van der Waals surface area contributed by atoms with E-state index in [2.05, 4.69) is 66.5 Å². The maximum atomic E-state index is 4.22. The molecule has 1 aromatic heterocycles. The molecule has 0 saturated carbocycles. The molecule has 0 N–H and O–H groups in total. The first-order valence-electron chi connectivity index (χ1n) is 6.42. The van der Waals surface area contributed by atoms with Crippen molar-refractivity contribution >= 4 is 0 Å². The molecule has 3 rings (SSSR count). The number of pyridine rings is 1. The summed E-state index contributed by atoms with van der Waals surface area (Å²) in [5.41, 5.74) is 6.21. The zero-order valence-corrected chi connectivity index (χ0v) is 10.9. The summed E-state index contributed by atoms with van der Waals surface area (Å²) in [4.78, 5) is 4.22. The van der Waals surface area contributed by atoms with Crippen LogP contribution in [-0.4, -0.2) is 4.98 Å². The molecule has 2 aromatic carbocycles. The third kappa shape index (κ3) is 2.27. The van der Waals surface area contributed by atoms with E-state index in [9.17, 15) is 0 Å². The van der Waals surface area contributed by atoms with Crippen LogP contribution < -0.4 is 0 Å². The molecule has 1 heteroatoms. The van der Waals surface area contributed by atoms with Crippen molar-refractivity contribution < 1.29 is 0 Å². The van der Waals surface area contributed by atoms with Gasteiger partial charge in [-0.3, -0.25) is 4.98 Å². The summed E-state index contributed by atoms with van der Waals surface area (Å²) in [6.45, 7) is 2.15. The van der Waals surface area contributed by atoms with Gasteiger partial charge in [-0.25, -0.2) is 0 Å². The Labute approximate surface area is 113 Å². The minimum absolute atomic E-state index is 1.15. The standard InChI is InChI=1S/C18H15N/c1-14-7-2-3-9-16(14)18-11-5-4-10-17(18)15-8-6-12-19-13-15/h2-13H,1H3. The van der Waals surface area contributed by atoms with Crippen LogP contribution >= 0.6 is 0 Å². The first-order valence-corrected chi connectivity index (χ1v) is 6.42. The molecular formula is C18H15N. The van der Waals surface area contributed by atoms with Crippen LogP contribution in [0.5, 0.6) is 0 Å². The monoisotopic (exact) mass is 245 g/mol. The second-order valence-corrected chi connectivity index (χ2v) is 4.60. The highest BCUT2D eigenvalue weighted by Crippen LogP contribution is 2.33. The molecular weight excluding hydrogens is 230 g/mol. The van der Waals surface area contributed by atoms with Crippen LogP contribution in [0.15, 0.2) is 73.1 Å². The number of hydrogen-bond donors (Lipinski definition) is 0. The van der Waals surface area contributed by atoms with Gasteiger partial charge in [-0.15, -0.1) is 0 Å². The summed E-state index contributed by atoms with van der Waals surface area (Å²) in [6.07, 6.45) is 3.72. The maximum absolute atomic E-state index is 4.22. The summed E-state index contributed by atoms with van der Waals surface area (Å²) >= 11 is 0. The fourth-order valence-electron chi connectivity index (χ4n) is 2.37. The van der Waals surface area contributed by atoms with Crippen molar-refractivity contribution in [2.45, 2.75) is 6.92 Å². The van der Waals surface area contributed by atoms with E-state index < -0.39 is 0 Å². The third-order valence-corrected chi connectivity index (χ3v) is 3.33. The first-order chi connectivity index (χ1) is 9.36. The van der Waals surface area contributed by atoms with Crippen LogP contribution in [0.4, 0.5) is 0 Å². The van der Waals surface area contributed by atoms with Crippen LogP contribution in [0.1, 0.15) is 5.56 Å². The van der Waals surface area contributed by atoms with Gasteiger partial charge in [0.2, 0.25) is 0 Å². The fraction of sp³-hybridized carbons (Fsp3) is 0.0556. The third-order valence-electron chi connectivity index (χ3n) is 3.33. The fourth-order valence-corrected chi connectivity index (χ4v) is 2.37. The van der Waals surface area contributed by atoms with E-state index >= 15 is 0 Å². The highest BCUT2D eigenvalue weighted by molar-refractivity contribution is 5.84. The van der Waals surface area contributed by atoms with Crippen LogP contribution in [0.3, 0.4) is 0 Å². The second-order valence-electron chi connectivity index (χ2n) is 4.60. The normalized spacial score (nSPS) is 10.4. The van der Waals surface area contributed by atoms with Crippen molar-refractivity contribution in [2.75, 3.05) is 0 Å². The quantitative estimate of drug-likeness (QED) is 0.636. The predicted octanol–water partition coefficient (Wildman–Crippen LogP) is 4.72. The minimum Gasteiger partial charge on any atom is -0.264 e. The van der Waals surface area contributed by atoms with Crippen LogP contribution in [0.25, 0.3) is 22.3 Å². The van der Waals surface area contributed by atoms with Crippen LogP contribution in [0.2, 0.25) is 0 Å². The van der Waals surface area contributed by atoms with Crippen LogP contribution in [-0.2, 0) is 0 Å². The van der Waals surface area contributed by atoms with E-state index in [1.54, 1.807) is 6.20 Å². The lowest BCUT2D eigenvalue weighted by atomic mass is 9.93. The first kappa shape index (κ1) is 11.7. The number of benzene rings is 2. The van der Waals surface area contributed by atoms with Crippen molar-refractivity contribution in [3.8, 4) is 22.3 Å². The second kappa shape index (κ2) is 5.07. The van der Waals surface area contributed by atoms with Gasteiger partial charge in [-0.05, 0) is 35.2 Å². The van der Waals surface area contributed by atoms with E-state index in [1.807, 2.05) is 12.3 Å². The molecule has 0 unspecified atom stereocenters. The Morgan fingerprint density at radius 3 is 2.05 bits per heavy atom. The highest BCUT2D eigenvalue weighted by atomic mass is 14.6. The van der Waals surface area contributed by atoms with Gasteiger partial charge in [0.25, 0.3) is 0 Å². The summed E-state index contributed by atoms with van der Waals surface area (Å²) in [6, 6.07) is 21.0. The molecule has 0 aliphatic carbocycles. The molecule has 19 heavy (non-hydrogen) atoms. The molecule has 0 fully saturated rings. The Balaban J connectivity index is 2.21. The van der Waals surface area contributed by atoms with Crippen molar-refractivity contribution in [1.29, 1.82) is 0 Å². The van der Waals surface area contributed by atoms with Crippen LogP contribution in [0, 0.1) is 6.92 Å². The zero-order valence-electron chi connectivity index (χ0n) is 10.9. The molecule has 0 aliphatic heterocycles. The molecule has 0 aliphatic rings. The topological polar surface area (TPSA) is 12.9 Å². The van der Waals surface area contributed by atoms with E-state index in [1.165, 1.54) is 22.3 Å². The van der Waals surface area contributed by atoms with Crippen molar-refractivity contribution in [1.82, 2.24) is 4.98 Å². The number of rotatable bonds is 2. The van der Waals surface area contributed by atoms with Gasteiger partial charge in [-0.1, -0.05) is 54.6 Å². The lowest BCUT2D eigenvalue weighted by molar-refractivity contribution is 1.33. The van der Waals surface area contributed by atoms with Gasteiger partial charge in [-0.2, -0.15) is 0 Å². The SMILES string of the molecule is Cc1ccccc1-c1ccccc1-c1cccnc1. The van der Waals surface area contributed by atoms with Crippen molar-refractivity contribution in [3.63, 3.8) is 0 Å². The number of nitrogens with zero attached hydrogens (tertiary/aromatic N) is 1. The van der Waals surface area contributed by atoms with E-state index in [0.717, 1.165) is 5.56 Å². The maximum Gasteiger partial charge on any atom is 0.0346 e. The number of hydrogen-bond acceptors (Lipinski definition) is 1. The molecule has 3 aromatic rings. The van der Waals surface area contributed by atoms with Crippen molar-refractivity contribution in [2.24, 2.45) is 0 Å². The minimum atomic E-state index is 1.15. The molecule has 1 heterocycles. The molecule has 0 spiro atoms. The van der Waals surface area contributed by atoms with E-state index in [0.29, 0.717) is 0 Å². The lowest BCUT2D eigenvalue weighted by Crippen LogP contribution is -1.87. The van der Waals surface area contributed by atoms with Gasteiger partial charge >= 0.3 is 0 Å². The van der Waals surface area contributed by atoms with Crippen molar-refractivity contribution in [3.05, 3.63) is 78.6 Å². The zero-order chi connectivity index (χ0) is 13.1. The molecule has 0 saturated heterocycles. The Bertz CT molecular complexity index is 687. The summed E-state index contributed by atoms with van der Waals surface area (Å²) < 4.78 is 0. The van der Waals surface area contributed by atoms with Gasteiger partial charge in [0, 0.05) is 18.0 Å². The van der Waals surface area contributed by atoms with Gasteiger partial charge < -0.3 is 0 Å². The largest absolute Gasteiger partial charge is 0.264 e. The molecule has 0 amide bonds. The predicted molar refractivity (Wildman–Crippen MR) is 79.8 cm³/mol. The number of aromatic nitrogens is 1. The smallest absolute Gasteiger partial charge is 0.0346 e. The Hall–Kier alpha value is -2.41. The summed E-state index contributed by atoms with van der Waals surface area (Å²) in [7, 11) is 0. The number of aryl methyl sites for hydroxylation is 1. The van der Waals surface area contributed by atoms with E-state index in [-0.39, 0.29) is 0 Å². The molecule has 1 nitrogen and oxygen atoms in total. The van der Waals surface area contributed by atoms with Gasteiger partial charge in [0.15, 0.2) is 0 Å². The Kier molecular flexibility index (Phi) is 3.11. The summed E-state index contributed by atoms with van der Waals surface area (Å²) in [5.74, 6) is 0. The average molecular weight is 245 g/mol.